The van der Waals surface area contributed by atoms with Crippen molar-refractivity contribution in [2.75, 3.05) is 0 Å². The first-order valence-electron chi connectivity index (χ1n) is 5.65. The van der Waals surface area contributed by atoms with Crippen molar-refractivity contribution in [2.45, 2.75) is 0 Å². The fourth-order valence-electron chi connectivity index (χ4n) is 1.48. The molecule has 96 valence electrons. The van der Waals surface area contributed by atoms with Gasteiger partial charge in [-0.25, -0.2) is 0 Å². The van der Waals surface area contributed by atoms with Crippen LogP contribution in [-0.2, 0) is 4.79 Å². The van der Waals surface area contributed by atoms with Crippen molar-refractivity contribution in [3.63, 3.8) is 0 Å². The quantitative estimate of drug-likeness (QED) is 0.694. The number of halogens is 1. The summed E-state index contributed by atoms with van der Waals surface area (Å²) >= 11 is 3.35. The van der Waals surface area contributed by atoms with Gasteiger partial charge >= 0.3 is 0 Å². The number of nitrogens with two attached hydrogens (primary N) is 1. The number of primary amides is 1. The van der Waals surface area contributed by atoms with Crippen molar-refractivity contribution >= 4 is 27.9 Å². The first kappa shape index (κ1) is 13.4. The van der Waals surface area contributed by atoms with Gasteiger partial charge in [0.25, 0.3) is 5.91 Å². The Hall–Kier alpha value is -2.07. The Morgan fingerprint density at radius 2 is 1.68 bits per heavy atom. The maximum absolute atomic E-state index is 11.4. The molecule has 0 saturated carbocycles. The van der Waals surface area contributed by atoms with Crippen LogP contribution in [0.5, 0.6) is 5.75 Å². The number of carbonyl (C=O) groups is 1. The van der Waals surface area contributed by atoms with E-state index in [9.17, 15) is 4.79 Å². The smallest absolute Gasteiger partial charge is 0.284 e. The lowest BCUT2D eigenvalue weighted by molar-refractivity contribution is -0.116. The van der Waals surface area contributed by atoms with Gasteiger partial charge in [-0.05, 0) is 35.9 Å². The van der Waals surface area contributed by atoms with Gasteiger partial charge < -0.3 is 10.5 Å². The van der Waals surface area contributed by atoms with Crippen LogP contribution in [0.15, 0.2) is 64.8 Å². The zero-order chi connectivity index (χ0) is 13.7. The van der Waals surface area contributed by atoms with Crippen LogP contribution in [0.25, 0.3) is 6.08 Å². The molecule has 19 heavy (non-hydrogen) atoms. The molecule has 0 aliphatic heterocycles. The highest BCUT2D eigenvalue weighted by Gasteiger charge is 2.07. The molecule has 3 nitrogen and oxygen atoms in total. The molecule has 0 fully saturated rings. The first-order chi connectivity index (χ1) is 9.15. The van der Waals surface area contributed by atoms with Gasteiger partial charge in [0.2, 0.25) is 0 Å². The fraction of sp³-hybridized carbons (Fsp3) is 0. The zero-order valence-corrected chi connectivity index (χ0v) is 11.6. The van der Waals surface area contributed by atoms with Crippen LogP contribution in [0, 0.1) is 0 Å². The van der Waals surface area contributed by atoms with Crippen molar-refractivity contribution in [2.24, 2.45) is 5.73 Å². The Morgan fingerprint density at radius 3 is 2.26 bits per heavy atom. The molecule has 0 unspecified atom stereocenters. The second kappa shape index (κ2) is 6.20. The van der Waals surface area contributed by atoms with E-state index >= 15 is 0 Å². The molecule has 0 heterocycles. The Labute approximate surface area is 119 Å². The van der Waals surface area contributed by atoms with E-state index in [1.807, 2.05) is 42.5 Å². The lowest BCUT2D eigenvalue weighted by Crippen LogP contribution is -2.18. The van der Waals surface area contributed by atoms with E-state index in [1.165, 1.54) is 0 Å². The molecule has 0 saturated heterocycles. The number of amides is 1. The van der Waals surface area contributed by atoms with Crippen molar-refractivity contribution in [3.8, 4) is 5.75 Å². The summed E-state index contributed by atoms with van der Waals surface area (Å²) in [6, 6.07) is 16.5. The van der Waals surface area contributed by atoms with Crippen molar-refractivity contribution in [1.29, 1.82) is 0 Å². The summed E-state index contributed by atoms with van der Waals surface area (Å²) in [5.41, 5.74) is 6.16. The van der Waals surface area contributed by atoms with Gasteiger partial charge in [-0.3, -0.25) is 4.79 Å². The predicted molar refractivity (Wildman–Crippen MR) is 78.4 cm³/mol. The molecular formula is C15H12BrNO2. The molecule has 2 rings (SSSR count). The maximum Gasteiger partial charge on any atom is 0.284 e. The number of hydrogen-bond acceptors (Lipinski definition) is 2. The molecule has 0 aromatic heterocycles. The van der Waals surface area contributed by atoms with Gasteiger partial charge in [0, 0.05) is 4.47 Å². The molecule has 0 aliphatic carbocycles. The summed E-state index contributed by atoms with van der Waals surface area (Å²) in [7, 11) is 0. The number of ether oxygens (including phenoxy) is 1. The average Bonchev–Trinajstić information content (AvgIpc) is 2.41. The summed E-state index contributed by atoms with van der Waals surface area (Å²) in [5, 5.41) is 0. The first-order valence-corrected chi connectivity index (χ1v) is 6.44. The van der Waals surface area contributed by atoms with Gasteiger partial charge in [-0.1, -0.05) is 46.3 Å². The molecule has 0 bridgehead atoms. The van der Waals surface area contributed by atoms with E-state index in [0.29, 0.717) is 5.75 Å². The molecule has 0 atom stereocenters. The summed E-state index contributed by atoms with van der Waals surface area (Å²) in [6.45, 7) is 0. The van der Waals surface area contributed by atoms with E-state index in [2.05, 4.69) is 15.9 Å². The minimum Gasteiger partial charge on any atom is -0.452 e. The number of hydrogen-bond donors (Lipinski definition) is 1. The monoisotopic (exact) mass is 317 g/mol. The van der Waals surface area contributed by atoms with Crippen LogP contribution < -0.4 is 10.5 Å². The van der Waals surface area contributed by atoms with Crippen LogP contribution in [0.2, 0.25) is 0 Å². The van der Waals surface area contributed by atoms with Gasteiger partial charge in [-0.15, -0.1) is 0 Å². The lowest BCUT2D eigenvalue weighted by Gasteiger charge is -2.06. The zero-order valence-electron chi connectivity index (χ0n) is 10.0. The fourth-order valence-corrected chi connectivity index (χ4v) is 1.74. The minimum atomic E-state index is -0.605. The van der Waals surface area contributed by atoms with E-state index in [1.54, 1.807) is 18.2 Å². The van der Waals surface area contributed by atoms with Crippen molar-refractivity contribution < 1.29 is 9.53 Å². The molecule has 1 amide bonds. The van der Waals surface area contributed by atoms with E-state index in [-0.39, 0.29) is 5.76 Å². The standard InChI is InChI=1S/C15H12BrNO2/c16-12-8-6-11(7-9-12)10-14(15(17)18)19-13-4-2-1-3-5-13/h1-10H,(H2,17,18)/b14-10-. The summed E-state index contributed by atoms with van der Waals surface area (Å²) < 4.78 is 6.45. The summed E-state index contributed by atoms with van der Waals surface area (Å²) in [4.78, 5) is 11.4. The van der Waals surface area contributed by atoms with Gasteiger partial charge in [0.1, 0.15) is 5.75 Å². The number of carbonyl (C=O) groups excluding carboxylic acids is 1. The SMILES string of the molecule is NC(=O)/C(=C/c1ccc(Br)cc1)Oc1ccccc1. The highest BCUT2D eigenvalue weighted by molar-refractivity contribution is 9.10. The van der Waals surface area contributed by atoms with Crippen LogP contribution in [0.1, 0.15) is 5.56 Å². The third-order valence-corrected chi connectivity index (χ3v) is 2.91. The second-order valence-corrected chi connectivity index (χ2v) is 4.76. The second-order valence-electron chi connectivity index (χ2n) is 3.84. The highest BCUT2D eigenvalue weighted by atomic mass is 79.9. The molecule has 0 aliphatic rings. The van der Waals surface area contributed by atoms with Gasteiger partial charge in [0.05, 0.1) is 0 Å². The molecule has 0 radical (unpaired) electrons. The summed E-state index contributed by atoms with van der Waals surface area (Å²) in [5.74, 6) is 0.0740. The van der Waals surface area contributed by atoms with Gasteiger partial charge in [0.15, 0.2) is 5.76 Å². The lowest BCUT2D eigenvalue weighted by atomic mass is 10.2. The van der Waals surface area contributed by atoms with Crippen LogP contribution in [-0.4, -0.2) is 5.91 Å². The number of benzene rings is 2. The molecule has 4 heteroatoms. The van der Waals surface area contributed by atoms with E-state index in [0.717, 1.165) is 10.0 Å². The molecule has 2 aromatic rings. The maximum atomic E-state index is 11.4. The van der Waals surface area contributed by atoms with E-state index in [4.69, 9.17) is 10.5 Å². The highest BCUT2D eigenvalue weighted by Crippen LogP contribution is 2.16. The van der Waals surface area contributed by atoms with Crippen LogP contribution >= 0.6 is 15.9 Å². The number of rotatable bonds is 4. The Morgan fingerprint density at radius 1 is 1.05 bits per heavy atom. The van der Waals surface area contributed by atoms with Gasteiger partial charge in [-0.2, -0.15) is 0 Å². The average molecular weight is 318 g/mol. The molecule has 0 spiro atoms. The summed E-state index contributed by atoms with van der Waals surface area (Å²) in [6.07, 6.45) is 1.61. The molecular weight excluding hydrogens is 306 g/mol. The van der Waals surface area contributed by atoms with Crippen molar-refractivity contribution in [3.05, 3.63) is 70.4 Å². The van der Waals surface area contributed by atoms with Crippen LogP contribution in [0.3, 0.4) is 0 Å². The third kappa shape index (κ3) is 3.96. The van der Waals surface area contributed by atoms with Crippen LogP contribution in [0.4, 0.5) is 0 Å². The molecule has 2 N–H and O–H groups in total. The minimum absolute atomic E-state index is 0.105. The topological polar surface area (TPSA) is 52.3 Å². The largest absolute Gasteiger partial charge is 0.452 e. The Kier molecular flexibility index (Phi) is 4.36. The Balaban J connectivity index is 2.25. The third-order valence-electron chi connectivity index (χ3n) is 2.38. The Bertz CT molecular complexity index is 591. The van der Waals surface area contributed by atoms with Crippen molar-refractivity contribution in [1.82, 2.24) is 0 Å². The number of para-hydroxylation sites is 1. The molecule has 2 aromatic carbocycles. The predicted octanol–water partition coefficient (Wildman–Crippen LogP) is 3.35. The van der Waals surface area contributed by atoms with E-state index < -0.39 is 5.91 Å². The normalized spacial score (nSPS) is 11.1.